The van der Waals surface area contributed by atoms with Crippen LogP contribution in [0, 0.1) is 0 Å². The predicted octanol–water partition coefficient (Wildman–Crippen LogP) is 0.664. The molecule has 0 aliphatic rings. The van der Waals surface area contributed by atoms with E-state index in [2.05, 4.69) is 4.74 Å². The van der Waals surface area contributed by atoms with Gasteiger partial charge in [0.1, 0.15) is 0 Å². The van der Waals surface area contributed by atoms with Crippen LogP contribution in [0.5, 0.6) is 0 Å². The van der Waals surface area contributed by atoms with E-state index in [1.807, 2.05) is 13.8 Å². The Balaban J connectivity index is 4.78. The first-order chi connectivity index (χ1) is 10.8. The van der Waals surface area contributed by atoms with Crippen molar-refractivity contribution in [1.29, 1.82) is 0 Å². The van der Waals surface area contributed by atoms with E-state index in [9.17, 15) is 30.0 Å². The lowest BCUT2D eigenvalue weighted by Gasteiger charge is -2.27. The number of hydrogen-bond acceptors (Lipinski definition) is 7. The highest BCUT2D eigenvalue weighted by Gasteiger charge is 2.43. The van der Waals surface area contributed by atoms with Gasteiger partial charge < -0.3 is 25.2 Å². The van der Waals surface area contributed by atoms with Crippen molar-refractivity contribution in [1.82, 2.24) is 0 Å². The SMILES string of the molecule is CCCCCC(O)(CO)C(=O)OC(=O)C(O)(CO)CCCCC. The second-order valence-corrected chi connectivity index (χ2v) is 5.97. The number of ether oxygens (including phenoxy) is 1. The summed E-state index contributed by atoms with van der Waals surface area (Å²) in [6.07, 6.45) is 4.10. The molecule has 0 aromatic rings. The molecule has 0 saturated carbocycles. The van der Waals surface area contributed by atoms with Gasteiger partial charge in [0.2, 0.25) is 0 Å². The van der Waals surface area contributed by atoms with Gasteiger partial charge in [-0.2, -0.15) is 0 Å². The highest BCUT2D eigenvalue weighted by atomic mass is 16.6. The first kappa shape index (κ1) is 22.0. The molecule has 23 heavy (non-hydrogen) atoms. The summed E-state index contributed by atoms with van der Waals surface area (Å²) in [5.74, 6) is -2.60. The third kappa shape index (κ3) is 6.95. The summed E-state index contributed by atoms with van der Waals surface area (Å²) in [5, 5.41) is 38.6. The first-order valence-electron chi connectivity index (χ1n) is 8.22. The lowest BCUT2D eigenvalue weighted by atomic mass is 9.95. The van der Waals surface area contributed by atoms with Gasteiger partial charge in [-0.25, -0.2) is 9.59 Å². The molecule has 0 bridgehead atoms. The molecule has 0 spiro atoms. The lowest BCUT2D eigenvalue weighted by Crippen LogP contribution is -2.50. The van der Waals surface area contributed by atoms with Crippen LogP contribution < -0.4 is 0 Å². The molecule has 0 fully saturated rings. The third-order valence-corrected chi connectivity index (χ3v) is 3.86. The second kappa shape index (κ2) is 10.7. The molecule has 4 N–H and O–H groups in total. The molecule has 7 nitrogen and oxygen atoms in total. The predicted molar refractivity (Wildman–Crippen MR) is 83.5 cm³/mol. The van der Waals surface area contributed by atoms with Gasteiger partial charge in [-0.1, -0.05) is 39.5 Å². The molecule has 2 atom stereocenters. The highest BCUT2D eigenvalue weighted by Crippen LogP contribution is 2.21. The van der Waals surface area contributed by atoms with Gasteiger partial charge in [0, 0.05) is 0 Å². The van der Waals surface area contributed by atoms with E-state index < -0.39 is 36.4 Å². The number of hydrogen-bond donors (Lipinski definition) is 4. The summed E-state index contributed by atoms with van der Waals surface area (Å²) in [6.45, 7) is 2.13. The van der Waals surface area contributed by atoms with E-state index in [4.69, 9.17) is 0 Å². The minimum absolute atomic E-state index is 0.0448. The molecule has 0 amide bonds. The Hall–Kier alpha value is -1.02. The summed E-state index contributed by atoms with van der Waals surface area (Å²) in [5.41, 5.74) is -4.35. The molecule has 0 rings (SSSR count). The minimum atomic E-state index is -2.18. The Bertz CT molecular complexity index is 337. The zero-order valence-electron chi connectivity index (χ0n) is 14.1. The summed E-state index contributed by atoms with van der Waals surface area (Å²) in [7, 11) is 0. The molecule has 2 unspecified atom stereocenters. The van der Waals surface area contributed by atoms with Gasteiger partial charge in [-0.05, 0) is 25.7 Å². The van der Waals surface area contributed by atoms with Crippen LogP contribution in [-0.2, 0) is 14.3 Å². The average molecular weight is 334 g/mol. The molecule has 0 heterocycles. The van der Waals surface area contributed by atoms with Gasteiger partial charge >= 0.3 is 11.9 Å². The van der Waals surface area contributed by atoms with Gasteiger partial charge in [0.15, 0.2) is 11.2 Å². The molecule has 0 saturated heterocycles. The maximum Gasteiger partial charge on any atom is 0.348 e. The topological polar surface area (TPSA) is 124 Å². The molecule has 0 aliphatic carbocycles. The van der Waals surface area contributed by atoms with Crippen molar-refractivity contribution in [2.24, 2.45) is 0 Å². The molecule has 136 valence electrons. The van der Waals surface area contributed by atoms with Gasteiger partial charge in [-0.15, -0.1) is 0 Å². The smallest absolute Gasteiger partial charge is 0.348 e. The van der Waals surface area contributed by atoms with Crippen molar-refractivity contribution in [2.75, 3.05) is 13.2 Å². The fourth-order valence-corrected chi connectivity index (χ4v) is 2.10. The Morgan fingerprint density at radius 1 is 0.783 bits per heavy atom. The number of rotatable bonds is 12. The minimum Gasteiger partial charge on any atom is -0.393 e. The van der Waals surface area contributed by atoms with Crippen molar-refractivity contribution in [3.63, 3.8) is 0 Å². The van der Waals surface area contributed by atoms with E-state index in [0.29, 0.717) is 12.8 Å². The van der Waals surface area contributed by atoms with Crippen LogP contribution in [0.1, 0.15) is 65.2 Å². The quantitative estimate of drug-likeness (QED) is 0.235. The zero-order chi connectivity index (χ0) is 17.9. The van der Waals surface area contributed by atoms with Crippen molar-refractivity contribution in [3.05, 3.63) is 0 Å². The molecular weight excluding hydrogens is 304 g/mol. The van der Waals surface area contributed by atoms with E-state index in [1.165, 1.54) is 0 Å². The van der Waals surface area contributed by atoms with Crippen LogP contribution in [0.15, 0.2) is 0 Å². The molecule has 0 aromatic carbocycles. The van der Waals surface area contributed by atoms with Crippen LogP contribution in [0.3, 0.4) is 0 Å². The van der Waals surface area contributed by atoms with Crippen LogP contribution in [0.2, 0.25) is 0 Å². The number of unbranched alkanes of at least 4 members (excludes halogenated alkanes) is 4. The molecule has 0 aliphatic heterocycles. The first-order valence-corrected chi connectivity index (χ1v) is 8.22. The Morgan fingerprint density at radius 3 is 1.39 bits per heavy atom. The van der Waals surface area contributed by atoms with Gasteiger partial charge in [-0.3, -0.25) is 0 Å². The molecule has 0 radical (unpaired) electrons. The Kier molecular flexibility index (Phi) is 10.2. The highest BCUT2D eigenvalue weighted by molar-refractivity contribution is 5.94. The van der Waals surface area contributed by atoms with Crippen LogP contribution in [-0.4, -0.2) is 56.8 Å². The van der Waals surface area contributed by atoms with Gasteiger partial charge in [0.05, 0.1) is 13.2 Å². The average Bonchev–Trinajstić information content (AvgIpc) is 2.54. The van der Waals surface area contributed by atoms with Crippen LogP contribution in [0.4, 0.5) is 0 Å². The van der Waals surface area contributed by atoms with Gasteiger partial charge in [0.25, 0.3) is 0 Å². The largest absolute Gasteiger partial charge is 0.393 e. The van der Waals surface area contributed by atoms with Crippen LogP contribution >= 0.6 is 0 Å². The van der Waals surface area contributed by atoms with E-state index >= 15 is 0 Å². The lowest BCUT2D eigenvalue weighted by molar-refractivity contribution is -0.190. The summed E-state index contributed by atoms with van der Waals surface area (Å²) >= 11 is 0. The summed E-state index contributed by atoms with van der Waals surface area (Å²) in [4.78, 5) is 23.9. The fourth-order valence-electron chi connectivity index (χ4n) is 2.10. The standard InChI is InChI=1S/C16H30O7/c1-3-5-7-9-15(21,11-17)13(19)23-14(20)16(22,12-18)10-8-6-4-2/h17-18,21-22H,3-12H2,1-2H3. The third-order valence-electron chi connectivity index (χ3n) is 3.86. The number of aliphatic hydroxyl groups is 4. The summed E-state index contributed by atoms with van der Waals surface area (Å²) in [6, 6.07) is 0. The van der Waals surface area contributed by atoms with E-state index in [0.717, 1.165) is 25.7 Å². The van der Waals surface area contributed by atoms with Crippen molar-refractivity contribution in [3.8, 4) is 0 Å². The Morgan fingerprint density at radius 2 is 1.13 bits per heavy atom. The summed E-state index contributed by atoms with van der Waals surface area (Å²) < 4.78 is 4.53. The Labute approximate surface area is 137 Å². The van der Waals surface area contributed by atoms with Crippen LogP contribution in [0.25, 0.3) is 0 Å². The number of carbonyl (C=O) groups excluding carboxylic acids is 2. The number of carbonyl (C=O) groups is 2. The number of esters is 2. The van der Waals surface area contributed by atoms with Crippen molar-refractivity contribution < 1.29 is 34.8 Å². The van der Waals surface area contributed by atoms with E-state index in [-0.39, 0.29) is 12.8 Å². The second-order valence-electron chi connectivity index (χ2n) is 5.97. The molecule has 7 heteroatoms. The maximum absolute atomic E-state index is 11.9. The zero-order valence-corrected chi connectivity index (χ0v) is 14.1. The molecular formula is C16H30O7. The van der Waals surface area contributed by atoms with E-state index in [1.54, 1.807) is 0 Å². The molecule has 0 aromatic heterocycles. The maximum atomic E-state index is 11.9. The fraction of sp³-hybridized carbons (Fsp3) is 0.875. The normalized spacial score (nSPS) is 16.4. The number of aliphatic hydroxyl groups excluding tert-OH is 2. The monoisotopic (exact) mass is 334 g/mol. The van der Waals surface area contributed by atoms with Crippen molar-refractivity contribution >= 4 is 11.9 Å². The van der Waals surface area contributed by atoms with Crippen molar-refractivity contribution in [2.45, 2.75) is 76.4 Å².